The van der Waals surface area contributed by atoms with Crippen molar-refractivity contribution in [1.82, 2.24) is 9.78 Å². The first kappa shape index (κ1) is 12.4. The lowest BCUT2D eigenvalue weighted by atomic mass is 9.91. The van der Waals surface area contributed by atoms with Crippen molar-refractivity contribution >= 4 is 0 Å². The van der Waals surface area contributed by atoms with Crippen LogP contribution >= 0.6 is 0 Å². The second-order valence-corrected chi connectivity index (χ2v) is 5.46. The molecule has 1 atom stereocenters. The fourth-order valence-corrected chi connectivity index (χ4v) is 3.17. The highest BCUT2D eigenvalue weighted by molar-refractivity contribution is 5.38. The summed E-state index contributed by atoms with van der Waals surface area (Å²) in [7, 11) is 0. The van der Waals surface area contributed by atoms with Crippen LogP contribution < -0.4 is 0 Å². The molecule has 0 radical (unpaired) electrons. The van der Waals surface area contributed by atoms with E-state index in [1.54, 1.807) is 0 Å². The zero-order valence-electron chi connectivity index (χ0n) is 11.6. The molecule has 1 N–H and O–H groups in total. The van der Waals surface area contributed by atoms with Gasteiger partial charge >= 0.3 is 0 Å². The maximum atomic E-state index is 11.0. The van der Waals surface area contributed by atoms with Crippen LogP contribution in [0.1, 0.15) is 35.9 Å². The first-order valence-corrected chi connectivity index (χ1v) is 6.96. The molecular weight excluding hydrogens is 236 g/mol. The minimum Gasteiger partial charge on any atom is -0.385 e. The Balaban J connectivity index is 1.95. The van der Waals surface area contributed by atoms with Gasteiger partial charge < -0.3 is 5.11 Å². The van der Waals surface area contributed by atoms with Gasteiger partial charge in [0.15, 0.2) is 0 Å². The van der Waals surface area contributed by atoms with E-state index in [0.29, 0.717) is 6.42 Å². The highest BCUT2D eigenvalue weighted by atomic mass is 16.3. The lowest BCUT2D eigenvalue weighted by Crippen LogP contribution is -2.26. The first-order chi connectivity index (χ1) is 9.12. The van der Waals surface area contributed by atoms with E-state index in [0.717, 1.165) is 36.3 Å². The maximum Gasteiger partial charge on any atom is 0.0957 e. The van der Waals surface area contributed by atoms with E-state index < -0.39 is 5.60 Å². The van der Waals surface area contributed by atoms with Gasteiger partial charge in [0.2, 0.25) is 0 Å². The second-order valence-electron chi connectivity index (χ2n) is 5.46. The van der Waals surface area contributed by atoms with E-state index >= 15 is 0 Å². The summed E-state index contributed by atoms with van der Waals surface area (Å²) < 4.78 is 1.99. The van der Waals surface area contributed by atoms with Gasteiger partial charge in [-0.1, -0.05) is 24.3 Å². The summed E-state index contributed by atoms with van der Waals surface area (Å²) in [6, 6.07) is 10.3. The molecule has 3 heteroatoms. The lowest BCUT2D eigenvalue weighted by molar-refractivity contribution is 0.0369. The van der Waals surface area contributed by atoms with Gasteiger partial charge in [-0.25, -0.2) is 0 Å². The van der Waals surface area contributed by atoms with Crippen LogP contribution in [0, 0.1) is 6.92 Å². The molecule has 1 unspecified atom stereocenters. The molecule has 0 bridgehead atoms. The fourth-order valence-electron chi connectivity index (χ4n) is 3.17. The van der Waals surface area contributed by atoms with E-state index in [9.17, 15) is 5.11 Å². The largest absolute Gasteiger partial charge is 0.385 e. The third-order valence-electron chi connectivity index (χ3n) is 4.09. The van der Waals surface area contributed by atoms with Crippen LogP contribution in [0.3, 0.4) is 0 Å². The summed E-state index contributed by atoms with van der Waals surface area (Å²) in [6.45, 7) is 4.94. The normalized spacial score (nSPS) is 21.6. The number of benzene rings is 1. The van der Waals surface area contributed by atoms with E-state index in [1.165, 1.54) is 5.56 Å². The molecule has 0 spiro atoms. The van der Waals surface area contributed by atoms with Crippen molar-refractivity contribution in [2.75, 3.05) is 0 Å². The standard InChI is InChI=1S/C16H20N2O/c1-3-18-14(10-12(2)17-18)11-16(19)9-8-13-6-4-5-7-15(13)16/h4-7,10,19H,3,8-9,11H2,1-2H3. The molecule has 19 heavy (non-hydrogen) atoms. The van der Waals surface area contributed by atoms with Crippen LogP contribution in [0.25, 0.3) is 0 Å². The van der Waals surface area contributed by atoms with Crippen LogP contribution in [0.5, 0.6) is 0 Å². The minimum atomic E-state index is -0.726. The average Bonchev–Trinajstić information content (AvgIpc) is 2.92. The van der Waals surface area contributed by atoms with Crippen molar-refractivity contribution in [1.29, 1.82) is 0 Å². The SMILES string of the molecule is CCn1nc(C)cc1CC1(O)CCc2ccccc21. The van der Waals surface area contributed by atoms with Gasteiger partial charge in [0.25, 0.3) is 0 Å². The third-order valence-corrected chi connectivity index (χ3v) is 4.09. The average molecular weight is 256 g/mol. The number of hydrogen-bond acceptors (Lipinski definition) is 2. The Morgan fingerprint density at radius 2 is 2.16 bits per heavy atom. The van der Waals surface area contributed by atoms with Gasteiger partial charge in [0.1, 0.15) is 0 Å². The predicted molar refractivity (Wildman–Crippen MR) is 75.0 cm³/mol. The number of aryl methyl sites for hydroxylation is 3. The minimum absolute atomic E-state index is 0.651. The van der Waals surface area contributed by atoms with Crippen molar-refractivity contribution in [2.24, 2.45) is 0 Å². The molecule has 1 heterocycles. The van der Waals surface area contributed by atoms with Gasteiger partial charge in [-0.05, 0) is 43.9 Å². The van der Waals surface area contributed by atoms with E-state index in [4.69, 9.17) is 0 Å². The number of hydrogen-bond donors (Lipinski definition) is 1. The van der Waals surface area contributed by atoms with Crippen LogP contribution in [-0.4, -0.2) is 14.9 Å². The molecule has 0 saturated heterocycles. The van der Waals surface area contributed by atoms with Crippen molar-refractivity contribution in [3.05, 3.63) is 52.8 Å². The van der Waals surface area contributed by atoms with Crippen LogP contribution in [0.4, 0.5) is 0 Å². The van der Waals surface area contributed by atoms with Gasteiger partial charge in [-0.3, -0.25) is 4.68 Å². The molecule has 3 nitrogen and oxygen atoms in total. The van der Waals surface area contributed by atoms with Crippen molar-refractivity contribution < 1.29 is 5.11 Å². The molecular formula is C16H20N2O. The summed E-state index contributed by atoms with van der Waals surface area (Å²) in [5.41, 5.74) is 3.79. The van der Waals surface area contributed by atoms with Crippen molar-refractivity contribution in [3.63, 3.8) is 0 Å². The number of aliphatic hydroxyl groups is 1. The maximum absolute atomic E-state index is 11.0. The highest BCUT2D eigenvalue weighted by Gasteiger charge is 2.37. The monoisotopic (exact) mass is 256 g/mol. The Morgan fingerprint density at radius 1 is 1.37 bits per heavy atom. The summed E-state index contributed by atoms with van der Waals surface area (Å²) in [4.78, 5) is 0. The molecule has 0 amide bonds. The first-order valence-electron chi connectivity index (χ1n) is 6.96. The molecule has 1 aliphatic carbocycles. The Labute approximate surface area is 113 Å². The molecule has 1 aliphatic rings. The predicted octanol–water partition coefficient (Wildman–Crippen LogP) is 2.59. The van der Waals surface area contributed by atoms with Crippen LogP contribution in [0.2, 0.25) is 0 Å². The van der Waals surface area contributed by atoms with Crippen LogP contribution in [0.15, 0.2) is 30.3 Å². The molecule has 0 fully saturated rings. The molecule has 3 rings (SSSR count). The van der Waals surface area contributed by atoms with Gasteiger partial charge in [0, 0.05) is 18.7 Å². The van der Waals surface area contributed by atoms with Crippen molar-refractivity contribution in [2.45, 2.75) is 45.3 Å². The van der Waals surface area contributed by atoms with Crippen LogP contribution in [-0.2, 0) is 25.0 Å². The van der Waals surface area contributed by atoms with Crippen molar-refractivity contribution in [3.8, 4) is 0 Å². The lowest BCUT2D eigenvalue weighted by Gasteiger charge is -2.24. The Bertz CT molecular complexity index is 603. The molecule has 100 valence electrons. The molecule has 1 aromatic heterocycles. The molecule has 0 aliphatic heterocycles. The Morgan fingerprint density at radius 3 is 2.95 bits per heavy atom. The van der Waals surface area contributed by atoms with Gasteiger partial charge in [-0.2, -0.15) is 5.10 Å². The molecule has 1 aromatic carbocycles. The topological polar surface area (TPSA) is 38.0 Å². The second kappa shape index (κ2) is 4.49. The van der Waals surface area contributed by atoms with Gasteiger partial charge in [0.05, 0.1) is 11.3 Å². The number of rotatable bonds is 3. The number of aromatic nitrogens is 2. The molecule has 2 aromatic rings. The summed E-state index contributed by atoms with van der Waals surface area (Å²) in [5.74, 6) is 0. The van der Waals surface area contributed by atoms with Gasteiger partial charge in [-0.15, -0.1) is 0 Å². The highest BCUT2D eigenvalue weighted by Crippen LogP contribution is 2.39. The zero-order valence-corrected chi connectivity index (χ0v) is 11.6. The number of fused-ring (bicyclic) bond motifs is 1. The zero-order chi connectivity index (χ0) is 13.5. The van der Waals surface area contributed by atoms with E-state index in [-0.39, 0.29) is 0 Å². The summed E-state index contributed by atoms with van der Waals surface area (Å²) in [6.07, 6.45) is 2.42. The third kappa shape index (κ3) is 2.08. The Kier molecular flexibility index (Phi) is 2.94. The summed E-state index contributed by atoms with van der Waals surface area (Å²) in [5, 5.41) is 15.4. The number of nitrogens with zero attached hydrogens (tertiary/aromatic N) is 2. The molecule has 0 saturated carbocycles. The smallest absolute Gasteiger partial charge is 0.0957 e. The fraction of sp³-hybridized carbons (Fsp3) is 0.438. The Hall–Kier alpha value is -1.61. The van der Waals surface area contributed by atoms with E-state index in [1.807, 2.05) is 23.7 Å². The van der Waals surface area contributed by atoms with E-state index in [2.05, 4.69) is 30.2 Å². The summed E-state index contributed by atoms with van der Waals surface area (Å²) >= 11 is 0. The quantitative estimate of drug-likeness (QED) is 0.916.